The Morgan fingerprint density at radius 1 is 1.11 bits per heavy atom. The molecule has 0 saturated heterocycles. The Balaban J connectivity index is 1.61. The van der Waals surface area contributed by atoms with Crippen molar-refractivity contribution < 1.29 is 9.15 Å². The highest BCUT2D eigenvalue weighted by molar-refractivity contribution is 7.98. The summed E-state index contributed by atoms with van der Waals surface area (Å²) in [7, 11) is 0. The lowest BCUT2D eigenvalue weighted by Gasteiger charge is -2.13. The molecule has 0 saturated carbocycles. The minimum atomic E-state index is 0.235. The summed E-state index contributed by atoms with van der Waals surface area (Å²) in [5, 5.41) is 9.84. The fraction of sp³-hybridized carbons (Fsp3) is 0.300. The van der Waals surface area contributed by atoms with Crippen LogP contribution in [-0.4, -0.2) is 10.2 Å². The fourth-order valence-corrected chi connectivity index (χ4v) is 3.86. The molecule has 142 valence electrons. The van der Waals surface area contributed by atoms with Crippen molar-refractivity contribution in [3.8, 4) is 5.75 Å². The van der Waals surface area contributed by atoms with E-state index in [1.807, 2.05) is 25.1 Å². The first kappa shape index (κ1) is 20.1. The summed E-state index contributed by atoms with van der Waals surface area (Å²) in [6.45, 7) is 6.56. The molecule has 4 nitrogen and oxygen atoms in total. The van der Waals surface area contributed by atoms with Gasteiger partial charge in [-0.1, -0.05) is 67.0 Å². The third kappa shape index (κ3) is 5.41. The number of ether oxygens (including phenoxy) is 1. The average molecular weight is 423 g/mol. The molecule has 3 rings (SSSR count). The van der Waals surface area contributed by atoms with E-state index in [4.69, 9.17) is 32.4 Å². The number of hydrogen-bond donors (Lipinski definition) is 0. The van der Waals surface area contributed by atoms with Gasteiger partial charge in [-0.15, -0.1) is 10.2 Å². The molecule has 0 aliphatic rings. The number of rotatable bonds is 7. The molecule has 0 spiro atoms. The topological polar surface area (TPSA) is 48.2 Å². The molecule has 0 fully saturated rings. The molecule has 7 heteroatoms. The molecule has 0 atom stereocenters. The molecule has 27 heavy (non-hydrogen) atoms. The standard InChI is InChI=1S/C20H20Cl2N2O2S/c1-12(2)16-7-4-13(3)8-18(16)25-10-19-23-24-20(26-19)27-11-14-5-6-15(21)9-17(14)22/h4-9,12H,10-11H2,1-3H3. The van der Waals surface area contributed by atoms with Crippen LogP contribution in [0.4, 0.5) is 0 Å². The molecule has 3 aromatic rings. The lowest BCUT2D eigenvalue weighted by molar-refractivity contribution is 0.249. The highest BCUT2D eigenvalue weighted by atomic mass is 35.5. The average Bonchev–Trinajstić information content (AvgIpc) is 3.07. The molecule has 0 bridgehead atoms. The first-order valence-corrected chi connectivity index (χ1v) is 10.3. The van der Waals surface area contributed by atoms with Crippen LogP contribution in [0.3, 0.4) is 0 Å². The van der Waals surface area contributed by atoms with Crippen molar-refractivity contribution in [1.82, 2.24) is 10.2 Å². The van der Waals surface area contributed by atoms with Gasteiger partial charge < -0.3 is 9.15 Å². The van der Waals surface area contributed by atoms with Crippen molar-refractivity contribution in [1.29, 1.82) is 0 Å². The van der Waals surface area contributed by atoms with Crippen molar-refractivity contribution in [2.45, 2.75) is 44.3 Å². The summed E-state index contributed by atoms with van der Waals surface area (Å²) in [4.78, 5) is 0. The molecule has 0 aliphatic carbocycles. The summed E-state index contributed by atoms with van der Waals surface area (Å²) < 4.78 is 11.6. The van der Waals surface area contributed by atoms with Gasteiger partial charge in [0, 0.05) is 15.8 Å². The maximum absolute atomic E-state index is 6.19. The number of aryl methyl sites for hydroxylation is 1. The van der Waals surface area contributed by atoms with Crippen LogP contribution in [0.2, 0.25) is 10.0 Å². The van der Waals surface area contributed by atoms with E-state index >= 15 is 0 Å². The van der Waals surface area contributed by atoms with Crippen molar-refractivity contribution in [2.75, 3.05) is 0 Å². The molecule has 2 aromatic carbocycles. The van der Waals surface area contributed by atoms with Crippen molar-refractivity contribution in [3.63, 3.8) is 0 Å². The highest BCUT2D eigenvalue weighted by Crippen LogP contribution is 2.30. The van der Waals surface area contributed by atoms with Gasteiger partial charge in [0.15, 0.2) is 6.61 Å². The Morgan fingerprint density at radius 2 is 1.93 bits per heavy atom. The number of halogens is 2. The van der Waals surface area contributed by atoms with Crippen LogP contribution in [0.1, 0.15) is 42.3 Å². The normalized spacial score (nSPS) is 11.2. The number of hydrogen-bond acceptors (Lipinski definition) is 5. The van der Waals surface area contributed by atoms with Crippen LogP contribution >= 0.6 is 35.0 Å². The van der Waals surface area contributed by atoms with Gasteiger partial charge in [-0.3, -0.25) is 0 Å². The van der Waals surface area contributed by atoms with Crippen LogP contribution < -0.4 is 4.74 Å². The number of benzene rings is 2. The van der Waals surface area contributed by atoms with Gasteiger partial charge in [-0.25, -0.2) is 0 Å². The third-order valence-corrected chi connectivity index (χ3v) is 5.41. The monoisotopic (exact) mass is 422 g/mol. The highest BCUT2D eigenvalue weighted by Gasteiger charge is 2.12. The first-order chi connectivity index (χ1) is 12.9. The molecule has 1 aromatic heterocycles. The van der Waals surface area contributed by atoms with E-state index in [1.54, 1.807) is 6.07 Å². The largest absolute Gasteiger partial charge is 0.484 e. The Labute approximate surface area is 173 Å². The van der Waals surface area contributed by atoms with E-state index in [1.165, 1.54) is 11.8 Å². The molecule has 0 aliphatic heterocycles. The zero-order valence-electron chi connectivity index (χ0n) is 15.3. The van der Waals surface area contributed by atoms with Crippen LogP contribution in [-0.2, 0) is 12.4 Å². The maximum atomic E-state index is 6.19. The number of nitrogens with zero attached hydrogens (tertiary/aromatic N) is 2. The van der Waals surface area contributed by atoms with Crippen molar-refractivity contribution >= 4 is 35.0 Å². The van der Waals surface area contributed by atoms with Crippen molar-refractivity contribution in [3.05, 3.63) is 69.0 Å². The van der Waals surface area contributed by atoms with Crippen LogP contribution in [0.15, 0.2) is 46.0 Å². The maximum Gasteiger partial charge on any atom is 0.277 e. The zero-order chi connectivity index (χ0) is 19.4. The van der Waals surface area contributed by atoms with E-state index in [0.717, 1.165) is 22.4 Å². The van der Waals surface area contributed by atoms with Crippen LogP contribution in [0, 0.1) is 6.92 Å². The second-order valence-electron chi connectivity index (χ2n) is 6.47. The van der Waals surface area contributed by atoms with Gasteiger partial charge in [-0.05, 0) is 47.7 Å². The molecule has 0 radical (unpaired) electrons. The Kier molecular flexibility index (Phi) is 6.68. The van der Waals surface area contributed by atoms with E-state index in [0.29, 0.717) is 32.8 Å². The molecule has 0 N–H and O–H groups in total. The van der Waals surface area contributed by atoms with Crippen molar-refractivity contribution in [2.24, 2.45) is 0 Å². The number of aromatic nitrogens is 2. The lowest BCUT2D eigenvalue weighted by atomic mass is 10.0. The first-order valence-electron chi connectivity index (χ1n) is 8.55. The predicted octanol–water partition coefficient (Wildman–Crippen LogP) is 6.68. The molecule has 0 unspecified atom stereocenters. The van der Waals surface area contributed by atoms with Gasteiger partial charge in [0.25, 0.3) is 11.1 Å². The smallest absolute Gasteiger partial charge is 0.277 e. The van der Waals surface area contributed by atoms with E-state index in [2.05, 4.69) is 36.2 Å². The summed E-state index contributed by atoms with van der Waals surface area (Å²) in [5.41, 5.74) is 3.27. The Morgan fingerprint density at radius 3 is 2.67 bits per heavy atom. The van der Waals surface area contributed by atoms with E-state index < -0.39 is 0 Å². The molecular weight excluding hydrogens is 403 g/mol. The van der Waals surface area contributed by atoms with E-state index in [-0.39, 0.29) is 6.61 Å². The Bertz CT molecular complexity index is 928. The molecule has 1 heterocycles. The summed E-state index contributed by atoms with van der Waals surface area (Å²) in [6, 6.07) is 11.6. The van der Waals surface area contributed by atoms with Gasteiger partial charge in [-0.2, -0.15) is 0 Å². The minimum Gasteiger partial charge on any atom is -0.484 e. The lowest BCUT2D eigenvalue weighted by Crippen LogP contribution is -2.00. The van der Waals surface area contributed by atoms with Gasteiger partial charge in [0.2, 0.25) is 0 Å². The molecule has 0 amide bonds. The third-order valence-electron chi connectivity index (χ3n) is 3.96. The SMILES string of the molecule is Cc1ccc(C(C)C)c(OCc2nnc(SCc3ccc(Cl)cc3Cl)o2)c1. The molecular formula is C20H20Cl2N2O2S. The summed E-state index contributed by atoms with van der Waals surface area (Å²) >= 11 is 13.5. The summed E-state index contributed by atoms with van der Waals surface area (Å²) in [5.74, 6) is 2.29. The second kappa shape index (κ2) is 9.00. The summed E-state index contributed by atoms with van der Waals surface area (Å²) in [6.07, 6.45) is 0. The van der Waals surface area contributed by atoms with E-state index in [9.17, 15) is 0 Å². The fourth-order valence-electron chi connectivity index (χ4n) is 2.52. The number of thioether (sulfide) groups is 1. The van der Waals surface area contributed by atoms with Gasteiger partial charge in [0.05, 0.1) is 0 Å². The Hall–Kier alpha value is -1.69. The quantitative estimate of drug-likeness (QED) is 0.397. The minimum absolute atomic E-state index is 0.235. The zero-order valence-corrected chi connectivity index (χ0v) is 17.7. The van der Waals surface area contributed by atoms with Crippen LogP contribution in [0.5, 0.6) is 5.75 Å². The van der Waals surface area contributed by atoms with Gasteiger partial charge in [0.1, 0.15) is 5.75 Å². The van der Waals surface area contributed by atoms with Gasteiger partial charge >= 0.3 is 0 Å². The second-order valence-corrected chi connectivity index (χ2v) is 8.24. The van der Waals surface area contributed by atoms with Crippen LogP contribution in [0.25, 0.3) is 0 Å². The predicted molar refractivity (Wildman–Crippen MR) is 110 cm³/mol.